The number of unbranched alkanes of at least 4 members (excludes halogenated alkanes) is 9. The van der Waals surface area contributed by atoms with Crippen LogP contribution in [0.25, 0.3) is 17.2 Å². The fraction of sp³-hybridized carbons (Fsp3) is 0.494. The Hall–Kier alpha value is -10.2. The number of nitrogens with zero attached hydrogens (tertiary/aromatic N) is 2. The molecule has 10 N–H and O–H groups in total. The number of nitrogens with one attached hydrogen (secondary N) is 4. The Morgan fingerprint density at radius 1 is 0.679 bits per heavy atom. The first kappa shape index (κ1) is 93.8. The van der Waals surface area contributed by atoms with Gasteiger partial charge in [-0.3, -0.25) is 39.5 Å². The van der Waals surface area contributed by atoms with Gasteiger partial charge >= 0.3 is 30.0 Å². The zero-order valence-electron chi connectivity index (χ0n) is 60.7. The van der Waals surface area contributed by atoms with Crippen LogP contribution < -0.4 is 32.0 Å². The van der Waals surface area contributed by atoms with Crippen molar-refractivity contribution in [2.75, 3.05) is 39.2 Å². The lowest BCUT2D eigenvalue weighted by Gasteiger charge is -2.26. The standard InChI is InChI=1S/C43H51N3O9.C15H28N2O2.C13H17NO5.C7H9N3.3CH4/c1-7-9-10-11-20-53-39(48)24-35(44)31-16-14-28(15-17-31)21-37(47)34-22-30(8-2)38(52-6)23-33(34)32-18-19-36(41(49)45-25-29-12-13-29)46-40(32)43(51)55-27(5)54-42(50)26(3)4;1-2-3-4-5-10-19-15(18)11-14(17)12-6-8-13(16)9-7-12;1-2-3-4-5-10-18-13(15)19-12-8-6-11(7-9-12)14(16)17;8-6-3-1-5(2-4-6)7(9)10;;;/h8,14-19,22-23,26-27,29,44H,2,7,9-13,20-21,24-25H2,1,3-6H3,(H,45,49);12-13,17H,2-11,16H2,1H3;6-9H,2-5,10H2,1H3;1-4H,8H2,(H3,9,10);3*1H4. The van der Waals surface area contributed by atoms with Crippen molar-refractivity contribution in [3.63, 3.8) is 0 Å². The first-order chi connectivity index (χ1) is 49.3. The molecular formula is C81H117N9O16. The third-order valence-corrected chi connectivity index (χ3v) is 16.6. The normalized spacial score (nSPS) is 13.4. The van der Waals surface area contributed by atoms with E-state index in [0.29, 0.717) is 71.7 Å². The number of esters is 4. The van der Waals surface area contributed by atoms with Crippen LogP contribution in [0, 0.1) is 44.1 Å². The molecule has 7 rings (SSSR count). The second-order valence-electron chi connectivity index (χ2n) is 25.5. The molecule has 2 saturated carbocycles. The summed E-state index contributed by atoms with van der Waals surface area (Å²) in [5, 5.41) is 36.7. The Bertz CT molecular complexity index is 3610. The number of hydrogen-bond donors (Lipinski definition) is 7. The van der Waals surface area contributed by atoms with Crippen LogP contribution in [0.1, 0.15) is 246 Å². The summed E-state index contributed by atoms with van der Waals surface area (Å²) in [7, 11) is 1.46. The highest BCUT2D eigenvalue weighted by molar-refractivity contribution is 6.09. The summed E-state index contributed by atoms with van der Waals surface area (Å²) in [6.07, 6.45) is 17.7. The minimum atomic E-state index is -1.27. The number of methoxy groups -OCH3 is 1. The van der Waals surface area contributed by atoms with E-state index in [4.69, 9.17) is 66.6 Å². The summed E-state index contributed by atoms with van der Waals surface area (Å²) < 4.78 is 36.6. The molecule has 5 aromatic rings. The molecule has 0 saturated heterocycles. The lowest BCUT2D eigenvalue weighted by Crippen LogP contribution is -2.30. The maximum Gasteiger partial charge on any atom is 0.513 e. The Morgan fingerprint density at radius 3 is 1.74 bits per heavy atom. The van der Waals surface area contributed by atoms with Gasteiger partial charge in [0.25, 0.3) is 11.6 Å². The van der Waals surface area contributed by atoms with Gasteiger partial charge in [-0.25, -0.2) is 14.6 Å². The minimum Gasteiger partial charge on any atom is -0.496 e. The zero-order valence-corrected chi connectivity index (χ0v) is 60.7. The van der Waals surface area contributed by atoms with Gasteiger partial charge in [0.1, 0.15) is 23.0 Å². The van der Waals surface area contributed by atoms with E-state index < -0.39 is 47.1 Å². The number of ether oxygens (including phenoxy) is 7. The van der Waals surface area contributed by atoms with Crippen LogP contribution in [0.5, 0.6) is 11.5 Å². The Morgan fingerprint density at radius 2 is 1.23 bits per heavy atom. The van der Waals surface area contributed by atoms with Crippen molar-refractivity contribution in [3.05, 3.63) is 153 Å². The van der Waals surface area contributed by atoms with Gasteiger partial charge < -0.3 is 66.5 Å². The molecule has 0 spiro atoms. The van der Waals surface area contributed by atoms with E-state index in [9.17, 15) is 43.7 Å². The second-order valence-corrected chi connectivity index (χ2v) is 25.5. The van der Waals surface area contributed by atoms with Crippen molar-refractivity contribution in [3.8, 4) is 22.6 Å². The van der Waals surface area contributed by atoms with Crippen LogP contribution in [0.4, 0.5) is 16.2 Å². The smallest absolute Gasteiger partial charge is 0.496 e. The number of carbonyl (C=O) groups excluding carboxylic acids is 7. The van der Waals surface area contributed by atoms with Gasteiger partial charge in [0.2, 0.25) is 6.29 Å². The van der Waals surface area contributed by atoms with E-state index >= 15 is 0 Å². The molecule has 0 radical (unpaired) electrons. The van der Waals surface area contributed by atoms with Crippen molar-refractivity contribution in [2.45, 2.75) is 211 Å². The number of benzene rings is 4. The summed E-state index contributed by atoms with van der Waals surface area (Å²) in [5.41, 5.74) is 20.5. The van der Waals surface area contributed by atoms with E-state index in [1.807, 2.05) is 0 Å². The van der Waals surface area contributed by atoms with Crippen LogP contribution in [-0.2, 0) is 44.5 Å². The number of anilines is 1. The second kappa shape index (κ2) is 51.1. The topological polar surface area (TPSA) is 402 Å². The number of rotatable bonds is 37. The molecule has 1 heterocycles. The maximum atomic E-state index is 14.1. The minimum absolute atomic E-state index is 0. The summed E-state index contributed by atoms with van der Waals surface area (Å²) in [5.74, 6) is -2.18. The Balaban J connectivity index is 0.000000889. The van der Waals surface area contributed by atoms with Gasteiger partial charge in [-0.2, -0.15) is 0 Å². The molecule has 1 unspecified atom stereocenters. The number of non-ortho nitro benzene ring substituents is 1. The molecule has 0 bridgehead atoms. The Labute approximate surface area is 626 Å². The molecule has 0 aliphatic heterocycles. The molecule has 106 heavy (non-hydrogen) atoms. The van der Waals surface area contributed by atoms with Crippen molar-refractivity contribution in [1.29, 1.82) is 16.2 Å². The van der Waals surface area contributed by atoms with Crippen LogP contribution in [0.2, 0.25) is 0 Å². The first-order valence-corrected chi connectivity index (χ1v) is 35.5. The largest absolute Gasteiger partial charge is 0.513 e. The molecule has 1 amide bonds. The van der Waals surface area contributed by atoms with Crippen LogP contribution in [-0.4, -0.2) is 115 Å². The quantitative estimate of drug-likeness (QED) is 0.00166. The maximum absolute atomic E-state index is 14.1. The van der Waals surface area contributed by atoms with Gasteiger partial charge in [0.05, 0.1) is 50.6 Å². The van der Waals surface area contributed by atoms with Crippen molar-refractivity contribution < 1.29 is 71.6 Å². The van der Waals surface area contributed by atoms with Gasteiger partial charge in [-0.15, -0.1) is 0 Å². The highest BCUT2D eigenvalue weighted by Crippen LogP contribution is 2.36. The molecule has 4 aromatic carbocycles. The molecule has 25 nitrogen and oxygen atoms in total. The molecule has 582 valence electrons. The van der Waals surface area contributed by atoms with E-state index in [-0.39, 0.29) is 116 Å². The molecular weight excluding hydrogens is 1350 g/mol. The molecule has 2 fully saturated rings. The number of aromatic nitrogens is 1. The number of Topliss-reactive ketones (excluding diaryl/α,β-unsaturated/α-hetero) is 1. The highest BCUT2D eigenvalue weighted by Gasteiger charge is 2.29. The summed E-state index contributed by atoms with van der Waals surface area (Å²) in [6, 6.07) is 25.4. The predicted octanol–water partition coefficient (Wildman–Crippen LogP) is 16.7. The molecule has 2 aliphatic carbocycles. The average molecular weight is 1470 g/mol. The van der Waals surface area contributed by atoms with Gasteiger partial charge in [-0.1, -0.05) is 152 Å². The van der Waals surface area contributed by atoms with Crippen LogP contribution >= 0.6 is 0 Å². The van der Waals surface area contributed by atoms with Crippen molar-refractivity contribution in [1.82, 2.24) is 10.3 Å². The summed E-state index contributed by atoms with van der Waals surface area (Å²) in [4.78, 5) is 103. The van der Waals surface area contributed by atoms with E-state index in [1.54, 1.807) is 80.6 Å². The third-order valence-electron chi connectivity index (χ3n) is 16.6. The number of nitro benzene ring substituents is 1. The number of nitro groups is 1. The SMILES string of the molecule is C.C.C.C=Cc1cc(C(=O)Cc2ccc(C(=N)CC(=O)OCCCCCC)cc2)c(-c2ccc(C(=O)NCC3CC3)nc2C(=O)OC(C)OC(=O)C(C)C)cc1OC.CCCCCCOC(=O)CC(=N)C1CCC(N)CC1.CCCCCCOC(=O)Oc1ccc([N+](=O)[O-])cc1.N=C(N)c1ccc(N)cc1. The summed E-state index contributed by atoms with van der Waals surface area (Å²) in [6.45, 7) is 16.6. The van der Waals surface area contributed by atoms with Crippen molar-refractivity contribution in [2.24, 2.45) is 29.2 Å². The number of hydrogen-bond acceptors (Lipinski definition) is 22. The van der Waals surface area contributed by atoms with Gasteiger partial charge in [-0.05, 0) is 147 Å². The zero-order chi connectivity index (χ0) is 75.8. The lowest BCUT2D eigenvalue weighted by atomic mass is 9.82. The van der Waals surface area contributed by atoms with Gasteiger partial charge in [0.15, 0.2) is 11.5 Å². The number of carbonyl (C=O) groups is 7. The number of pyridine rings is 1. The van der Waals surface area contributed by atoms with Crippen molar-refractivity contribution >= 4 is 76.4 Å². The van der Waals surface area contributed by atoms with E-state index in [0.717, 1.165) is 103 Å². The number of ketones is 1. The number of nitrogens with two attached hydrogens (primary N) is 3. The number of amides is 1. The fourth-order valence-electron chi connectivity index (χ4n) is 10.3. The number of nitrogen functional groups attached to an aromatic ring is 2. The summed E-state index contributed by atoms with van der Waals surface area (Å²) >= 11 is 0. The molecule has 2 aliphatic rings. The van der Waals surface area contributed by atoms with E-state index in [2.05, 4.69) is 37.7 Å². The predicted molar refractivity (Wildman–Crippen MR) is 417 cm³/mol. The molecule has 25 heteroatoms. The van der Waals surface area contributed by atoms with Gasteiger partial charge in [0, 0.05) is 77.4 Å². The van der Waals surface area contributed by atoms with E-state index in [1.165, 1.54) is 63.3 Å². The average Bonchev–Trinajstić information content (AvgIpc) is 1.31. The van der Waals surface area contributed by atoms with Crippen LogP contribution in [0.15, 0.2) is 104 Å². The molecule has 1 aromatic heterocycles. The lowest BCUT2D eigenvalue weighted by molar-refractivity contribution is -0.384. The molecule has 1 atom stereocenters. The monoisotopic (exact) mass is 1470 g/mol. The first-order valence-electron chi connectivity index (χ1n) is 35.5. The van der Waals surface area contributed by atoms with Crippen LogP contribution in [0.3, 0.4) is 0 Å². The highest BCUT2D eigenvalue weighted by atomic mass is 16.7. The third kappa shape index (κ3) is 35.1. The fourth-order valence-corrected chi connectivity index (χ4v) is 10.3. The Kier molecular flexibility index (Phi) is 45.2. The number of amidine groups is 1.